The number of hydrogen-bond acceptors (Lipinski definition) is 3. The Morgan fingerprint density at radius 3 is 2.50 bits per heavy atom. The van der Waals surface area contributed by atoms with Crippen LogP contribution in [0, 0.1) is 0 Å². The first-order valence-electron chi connectivity index (χ1n) is 5.58. The van der Waals surface area contributed by atoms with E-state index in [4.69, 9.17) is 33.3 Å². The van der Waals surface area contributed by atoms with Crippen molar-refractivity contribution >= 4 is 34.6 Å². The highest BCUT2D eigenvalue weighted by Crippen LogP contribution is 2.35. The predicted octanol–water partition coefficient (Wildman–Crippen LogP) is 3.05. The van der Waals surface area contributed by atoms with E-state index >= 15 is 0 Å². The summed E-state index contributed by atoms with van der Waals surface area (Å²) in [5, 5.41) is 7.16. The van der Waals surface area contributed by atoms with E-state index in [0.717, 1.165) is 13.0 Å². The Hall–Kier alpha value is -1.20. The van der Waals surface area contributed by atoms with E-state index in [0.29, 0.717) is 27.3 Å². The van der Waals surface area contributed by atoms with Crippen molar-refractivity contribution < 1.29 is 9.47 Å². The van der Waals surface area contributed by atoms with Crippen LogP contribution in [-0.4, -0.2) is 25.9 Å². The summed E-state index contributed by atoms with van der Waals surface area (Å²) in [6, 6.07) is 3.44. The van der Waals surface area contributed by atoms with Crippen molar-refractivity contribution in [2.45, 2.75) is 13.3 Å². The zero-order chi connectivity index (χ0) is 13.5. The second-order valence-corrected chi connectivity index (χ2v) is 4.38. The highest BCUT2D eigenvalue weighted by molar-refractivity contribution is 7.80. The summed E-state index contributed by atoms with van der Waals surface area (Å²) in [4.78, 5) is 0. The van der Waals surface area contributed by atoms with Gasteiger partial charge in [0, 0.05) is 18.7 Å². The maximum Gasteiger partial charge on any atom is 0.170 e. The molecule has 18 heavy (non-hydrogen) atoms. The maximum atomic E-state index is 6.02. The van der Waals surface area contributed by atoms with Crippen LogP contribution in [0.5, 0.6) is 11.5 Å². The molecule has 0 unspecified atom stereocenters. The fraction of sp³-hybridized carbons (Fsp3) is 0.417. The number of benzene rings is 1. The SMILES string of the molecule is CCCNC(=S)Nc1cc(OC)c(Cl)cc1OC. The number of anilines is 1. The van der Waals surface area contributed by atoms with Crippen LogP contribution in [0.3, 0.4) is 0 Å². The minimum absolute atomic E-state index is 0.493. The van der Waals surface area contributed by atoms with Gasteiger partial charge in [0.15, 0.2) is 5.11 Å². The molecule has 2 N–H and O–H groups in total. The summed E-state index contributed by atoms with van der Waals surface area (Å²) in [6.07, 6.45) is 1.00. The lowest BCUT2D eigenvalue weighted by Crippen LogP contribution is -2.29. The van der Waals surface area contributed by atoms with E-state index in [1.165, 1.54) is 0 Å². The van der Waals surface area contributed by atoms with Crippen molar-refractivity contribution in [2.75, 3.05) is 26.1 Å². The van der Waals surface area contributed by atoms with E-state index in [9.17, 15) is 0 Å². The molecule has 0 atom stereocenters. The van der Waals surface area contributed by atoms with Crippen molar-refractivity contribution in [1.82, 2.24) is 5.32 Å². The quantitative estimate of drug-likeness (QED) is 0.815. The average molecular weight is 289 g/mol. The second kappa shape index (κ2) is 7.28. The molecule has 1 aromatic carbocycles. The highest BCUT2D eigenvalue weighted by atomic mass is 35.5. The van der Waals surface area contributed by atoms with Crippen molar-refractivity contribution in [3.63, 3.8) is 0 Å². The number of rotatable bonds is 5. The van der Waals surface area contributed by atoms with Crippen LogP contribution in [0.25, 0.3) is 0 Å². The molecule has 0 fully saturated rings. The lowest BCUT2D eigenvalue weighted by atomic mass is 10.2. The Labute approximate surface area is 118 Å². The van der Waals surface area contributed by atoms with E-state index in [2.05, 4.69) is 17.6 Å². The van der Waals surface area contributed by atoms with Crippen molar-refractivity contribution in [1.29, 1.82) is 0 Å². The second-order valence-electron chi connectivity index (χ2n) is 3.57. The third-order valence-corrected chi connectivity index (χ3v) is 2.80. The summed E-state index contributed by atoms with van der Waals surface area (Å²) < 4.78 is 10.4. The average Bonchev–Trinajstić information content (AvgIpc) is 2.37. The van der Waals surface area contributed by atoms with Crippen molar-refractivity contribution in [3.05, 3.63) is 17.2 Å². The normalized spacial score (nSPS) is 9.78. The van der Waals surface area contributed by atoms with E-state index in [1.807, 2.05) is 0 Å². The Morgan fingerprint density at radius 1 is 1.28 bits per heavy atom. The van der Waals surface area contributed by atoms with E-state index < -0.39 is 0 Å². The summed E-state index contributed by atoms with van der Waals surface area (Å²) >= 11 is 11.2. The standard InChI is InChI=1S/C12H17ClN2O2S/c1-4-5-14-12(18)15-9-7-10(16-2)8(13)6-11(9)17-3/h6-7H,4-5H2,1-3H3,(H2,14,15,18). The molecule has 1 aromatic rings. The first-order chi connectivity index (χ1) is 8.62. The smallest absolute Gasteiger partial charge is 0.170 e. The summed E-state index contributed by atoms with van der Waals surface area (Å²) in [6.45, 7) is 2.89. The predicted molar refractivity (Wildman–Crippen MR) is 79.1 cm³/mol. The number of methoxy groups -OCH3 is 2. The molecule has 0 saturated carbocycles. The van der Waals surface area contributed by atoms with Crippen LogP contribution in [0.2, 0.25) is 5.02 Å². The van der Waals surface area contributed by atoms with Gasteiger partial charge in [0.05, 0.1) is 24.9 Å². The van der Waals surface area contributed by atoms with Crippen LogP contribution in [0.4, 0.5) is 5.69 Å². The molecule has 100 valence electrons. The van der Waals surface area contributed by atoms with Gasteiger partial charge in [-0.05, 0) is 18.6 Å². The zero-order valence-electron chi connectivity index (χ0n) is 10.7. The monoisotopic (exact) mass is 288 g/mol. The minimum atomic E-state index is 0.493. The lowest BCUT2D eigenvalue weighted by Gasteiger charge is -2.15. The van der Waals surface area contributed by atoms with Gasteiger partial charge in [0.1, 0.15) is 11.5 Å². The largest absolute Gasteiger partial charge is 0.495 e. The summed E-state index contributed by atoms with van der Waals surface area (Å²) in [7, 11) is 3.14. The molecule has 4 nitrogen and oxygen atoms in total. The number of hydrogen-bond donors (Lipinski definition) is 2. The van der Waals surface area contributed by atoms with Gasteiger partial charge in [0.25, 0.3) is 0 Å². The number of ether oxygens (including phenoxy) is 2. The van der Waals surface area contributed by atoms with E-state index in [-0.39, 0.29) is 0 Å². The minimum Gasteiger partial charge on any atom is -0.495 e. The molecule has 0 aromatic heterocycles. The van der Waals surface area contributed by atoms with Gasteiger partial charge in [-0.3, -0.25) is 0 Å². The fourth-order valence-electron chi connectivity index (χ4n) is 1.36. The van der Waals surface area contributed by atoms with Gasteiger partial charge < -0.3 is 20.1 Å². The van der Waals surface area contributed by atoms with Crippen molar-refractivity contribution in [3.8, 4) is 11.5 Å². The van der Waals surface area contributed by atoms with Gasteiger partial charge in [-0.25, -0.2) is 0 Å². The van der Waals surface area contributed by atoms with Crippen LogP contribution >= 0.6 is 23.8 Å². The summed E-state index contributed by atoms with van der Waals surface area (Å²) in [5.74, 6) is 1.18. The molecular formula is C12H17ClN2O2S. The molecule has 0 saturated heterocycles. The van der Waals surface area contributed by atoms with Crippen molar-refractivity contribution in [2.24, 2.45) is 0 Å². The third kappa shape index (κ3) is 3.92. The topological polar surface area (TPSA) is 42.5 Å². The lowest BCUT2D eigenvalue weighted by molar-refractivity contribution is 0.405. The molecule has 0 aliphatic carbocycles. The van der Waals surface area contributed by atoms with Gasteiger partial charge in [0.2, 0.25) is 0 Å². The van der Waals surface area contributed by atoms with Crippen LogP contribution in [0.15, 0.2) is 12.1 Å². The Kier molecular flexibility index (Phi) is 6.01. The number of nitrogens with one attached hydrogen (secondary N) is 2. The molecule has 0 heterocycles. The molecule has 0 amide bonds. The van der Waals surface area contributed by atoms with Gasteiger partial charge in [-0.1, -0.05) is 18.5 Å². The van der Waals surface area contributed by atoms with Crippen LogP contribution in [-0.2, 0) is 0 Å². The molecule has 0 aliphatic rings. The highest BCUT2D eigenvalue weighted by Gasteiger charge is 2.10. The van der Waals surface area contributed by atoms with Crippen LogP contribution < -0.4 is 20.1 Å². The first kappa shape index (κ1) is 14.9. The molecule has 6 heteroatoms. The maximum absolute atomic E-state index is 6.02. The first-order valence-corrected chi connectivity index (χ1v) is 6.37. The van der Waals surface area contributed by atoms with Gasteiger partial charge in [-0.2, -0.15) is 0 Å². The molecule has 0 spiro atoms. The summed E-state index contributed by atoms with van der Waals surface area (Å²) in [5.41, 5.74) is 0.715. The number of thiocarbonyl (C=S) groups is 1. The molecule has 0 bridgehead atoms. The molecule has 1 rings (SSSR count). The molecular weight excluding hydrogens is 272 g/mol. The van der Waals surface area contributed by atoms with E-state index in [1.54, 1.807) is 26.4 Å². The molecule has 0 aliphatic heterocycles. The Balaban J connectivity index is 2.89. The Morgan fingerprint density at radius 2 is 1.94 bits per heavy atom. The molecule has 0 radical (unpaired) electrons. The van der Waals surface area contributed by atoms with Gasteiger partial charge in [-0.15, -0.1) is 0 Å². The third-order valence-electron chi connectivity index (χ3n) is 2.26. The van der Waals surface area contributed by atoms with Gasteiger partial charge >= 0.3 is 0 Å². The Bertz CT molecular complexity index is 427. The number of halogens is 1. The zero-order valence-corrected chi connectivity index (χ0v) is 12.2. The fourth-order valence-corrected chi connectivity index (χ4v) is 1.81. The van der Waals surface area contributed by atoms with Crippen LogP contribution in [0.1, 0.15) is 13.3 Å².